The normalized spacial score (nSPS) is 15.2. The van der Waals surface area contributed by atoms with Gasteiger partial charge in [0.05, 0.1) is 27.7 Å². The number of nitrogens with zero attached hydrogens (tertiary/aromatic N) is 2. The minimum atomic E-state index is -0.783. The molecular formula is C29H20Cl2N4O2S. The van der Waals surface area contributed by atoms with Crippen LogP contribution >= 0.6 is 34.5 Å². The van der Waals surface area contributed by atoms with E-state index in [-0.39, 0.29) is 23.5 Å². The molecule has 0 fully saturated rings. The van der Waals surface area contributed by atoms with E-state index < -0.39 is 17.4 Å². The topological polar surface area (TPSA) is 101 Å². The molecule has 4 aromatic rings. The molecule has 1 aromatic heterocycles. The van der Waals surface area contributed by atoms with E-state index in [1.54, 1.807) is 54.6 Å². The van der Waals surface area contributed by atoms with Crippen LogP contribution in [0.25, 0.3) is 17.5 Å². The van der Waals surface area contributed by atoms with Gasteiger partial charge in [0, 0.05) is 16.6 Å². The van der Waals surface area contributed by atoms with Crippen molar-refractivity contribution in [2.75, 3.05) is 0 Å². The standard InChI is InChI=1S/C29H20Cl2N4O2S/c30-20-10-6-17(7-11-20)14-23-28(37)35-26(33)22(15-32)24(19-8-12-21(31)13-9-19)25(29(35)38-23)27(36)34-16-18-4-2-1-3-5-18/h1-14,24H,16,33H2,(H,34,36)/b23-14-. The highest BCUT2D eigenvalue weighted by atomic mass is 35.5. The number of fused-ring (bicyclic) bond motifs is 1. The van der Waals surface area contributed by atoms with Crippen molar-refractivity contribution < 1.29 is 4.79 Å². The zero-order valence-electron chi connectivity index (χ0n) is 19.8. The van der Waals surface area contributed by atoms with Gasteiger partial charge in [0.1, 0.15) is 10.5 Å². The lowest BCUT2D eigenvalue weighted by Gasteiger charge is -2.25. The van der Waals surface area contributed by atoms with Crippen LogP contribution in [-0.2, 0) is 11.3 Å². The lowest BCUT2D eigenvalue weighted by molar-refractivity contribution is -0.116. The monoisotopic (exact) mass is 558 g/mol. The largest absolute Gasteiger partial charge is 0.384 e. The number of hydrogen-bond acceptors (Lipinski definition) is 5. The number of amides is 1. The summed E-state index contributed by atoms with van der Waals surface area (Å²) in [6.45, 7) is 0.275. The first-order valence-electron chi connectivity index (χ1n) is 11.6. The second-order valence-electron chi connectivity index (χ2n) is 8.59. The number of thiazole rings is 1. The van der Waals surface area contributed by atoms with Crippen LogP contribution < -0.4 is 25.8 Å². The third kappa shape index (κ3) is 4.90. The second kappa shape index (κ2) is 10.7. The molecule has 1 aliphatic rings. The van der Waals surface area contributed by atoms with Crippen molar-refractivity contribution in [1.29, 1.82) is 5.26 Å². The van der Waals surface area contributed by atoms with Gasteiger partial charge in [0.25, 0.3) is 11.5 Å². The SMILES string of the molecule is N#CC1=C(N)n2c(s/c(=C\c3ccc(Cl)cc3)c2=O)=C(C(=O)NCc2ccccc2)C1c1ccc(Cl)cc1. The summed E-state index contributed by atoms with van der Waals surface area (Å²) in [5.41, 5.74) is 8.75. The van der Waals surface area contributed by atoms with Gasteiger partial charge in [-0.2, -0.15) is 5.26 Å². The minimum Gasteiger partial charge on any atom is -0.384 e. The summed E-state index contributed by atoms with van der Waals surface area (Å²) in [6.07, 6.45) is 1.71. The predicted octanol–water partition coefficient (Wildman–Crippen LogP) is 3.96. The number of nitrogens with one attached hydrogen (secondary N) is 1. The lowest BCUT2D eigenvalue weighted by atomic mass is 9.83. The van der Waals surface area contributed by atoms with Crippen LogP contribution in [0.2, 0.25) is 10.0 Å². The van der Waals surface area contributed by atoms with Crippen LogP contribution in [0.3, 0.4) is 0 Å². The Morgan fingerprint density at radius 1 is 1.03 bits per heavy atom. The van der Waals surface area contributed by atoms with E-state index in [9.17, 15) is 14.9 Å². The zero-order chi connectivity index (χ0) is 26.8. The van der Waals surface area contributed by atoms with Crippen LogP contribution in [0.1, 0.15) is 22.6 Å². The second-order valence-corrected chi connectivity index (χ2v) is 10.5. The van der Waals surface area contributed by atoms with E-state index in [0.717, 1.165) is 22.5 Å². The molecule has 0 spiro atoms. The molecule has 1 amide bonds. The van der Waals surface area contributed by atoms with Crippen LogP contribution in [-0.4, -0.2) is 10.5 Å². The van der Waals surface area contributed by atoms with Gasteiger partial charge in [-0.05, 0) is 47.0 Å². The number of allylic oxidation sites excluding steroid dienone is 1. The number of hydrogen-bond donors (Lipinski definition) is 2. The number of benzene rings is 3. The molecule has 1 aliphatic heterocycles. The Labute approximate surface area is 232 Å². The van der Waals surface area contributed by atoms with Gasteiger partial charge in [-0.1, -0.05) is 77.8 Å². The van der Waals surface area contributed by atoms with E-state index in [4.69, 9.17) is 28.9 Å². The van der Waals surface area contributed by atoms with Crippen LogP contribution in [0.15, 0.2) is 89.2 Å². The fraction of sp³-hybridized carbons (Fsp3) is 0.0690. The van der Waals surface area contributed by atoms with E-state index in [2.05, 4.69) is 11.4 Å². The number of aromatic nitrogens is 1. The molecule has 0 saturated carbocycles. The summed E-state index contributed by atoms with van der Waals surface area (Å²) in [4.78, 5) is 27.3. The van der Waals surface area contributed by atoms with Gasteiger partial charge in [-0.15, -0.1) is 11.3 Å². The van der Waals surface area contributed by atoms with Gasteiger partial charge in [-0.3, -0.25) is 14.2 Å². The van der Waals surface area contributed by atoms with Gasteiger partial charge >= 0.3 is 0 Å². The smallest absolute Gasteiger partial charge is 0.274 e. The predicted molar refractivity (Wildman–Crippen MR) is 152 cm³/mol. The van der Waals surface area contributed by atoms with E-state index in [1.807, 2.05) is 30.3 Å². The van der Waals surface area contributed by atoms with Crippen molar-refractivity contribution in [2.24, 2.45) is 5.73 Å². The highest BCUT2D eigenvalue weighted by Gasteiger charge is 2.35. The molecule has 3 aromatic carbocycles. The van der Waals surface area contributed by atoms with Crippen molar-refractivity contribution in [1.82, 2.24) is 9.88 Å². The molecule has 0 bridgehead atoms. The average Bonchev–Trinajstić information content (AvgIpc) is 3.25. The van der Waals surface area contributed by atoms with Crippen molar-refractivity contribution in [2.45, 2.75) is 12.5 Å². The molecule has 2 heterocycles. The summed E-state index contributed by atoms with van der Waals surface area (Å²) in [5, 5.41) is 14.2. The van der Waals surface area contributed by atoms with E-state index in [1.165, 1.54) is 4.57 Å². The molecule has 38 heavy (non-hydrogen) atoms. The van der Waals surface area contributed by atoms with Crippen molar-refractivity contribution >= 4 is 57.9 Å². The zero-order valence-corrected chi connectivity index (χ0v) is 22.1. The average molecular weight is 559 g/mol. The number of carbonyl (C=O) groups excluding carboxylic acids is 1. The summed E-state index contributed by atoms with van der Waals surface area (Å²) in [6, 6.07) is 25.6. The van der Waals surface area contributed by atoms with Gasteiger partial charge in [0.2, 0.25) is 0 Å². The summed E-state index contributed by atoms with van der Waals surface area (Å²) >= 11 is 13.3. The quantitative estimate of drug-likeness (QED) is 0.387. The third-order valence-corrected chi connectivity index (χ3v) is 7.79. The number of nitriles is 1. The van der Waals surface area contributed by atoms with E-state index >= 15 is 0 Å². The van der Waals surface area contributed by atoms with Crippen LogP contribution in [0.5, 0.6) is 0 Å². The third-order valence-electron chi connectivity index (χ3n) is 6.18. The maximum absolute atomic E-state index is 13.8. The lowest BCUT2D eigenvalue weighted by Crippen LogP contribution is -2.41. The fourth-order valence-electron chi connectivity index (χ4n) is 4.34. The Bertz CT molecular complexity index is 1780. The van der Waals surface area contributed by atoms with Crippen LogP contribution in [0.4, 0.5) is 0 Å². The summed E-state index contributed by atoms with van der Waals surface area (Å²) in [5.74, 6) is -1.18. The molecule has 6 nitrogen and oxygen atoms in total. The molecule has 0 aliphatic carbocycles. The summed E-state index contributed by atoms with van der Waals surface area (Å²) in [7, 11) is 0. The minimum absolute atomic E-state index is 0.000865. The maximum atomic E-state index is 13.8. The van der Waals surface area contributed by atoms with Gasteiger partial charge < -0.3 is 11.1 Å². The molecule has 9 heteroatoms. The summed E-state index contributed by atoms with van der Waals surface area (Å²) < 4.78 is 2.00. The van der Waals surface area contributed by atoms with E-state index in [0.29, 0.717) is 24.8 Å². The van der Waals surface area contributed by atoms with Gasteiger partial charge in [0.15, 0.2) is 0 Å². The first-order chi connectivity index (χ1) is 18.4. The Morgan fingerprint density at radius 2 is 1.66 bits per heavy atom. The molecule has 5 rings (SSSR count). The van der Waals surface area contributed by atoms with Crippen molar-refractivity contribution in [3.8, 4) is 6.07 Å². The highest BCUT2D eigenvalue weighted by molar-refractivity contribution is 7.07. The molecule has 0 radical (unpaired) electrons. The molecular weight excluding hydrogens is 539 g/mol. The number of halogens is 2. The Kier molecular flexibility index (Phi) is 7.21. The van der Waals surface area contributed by atoms with Crippen molar-refractivity contribution in [3.63, 3.8) is 0 Å². The number of nitrogens with two attached hydrogens (primary N) is 1. The molecule has 3 N–H and O–H groups in total. The Morgan fingerprint density at radius 3 is 2.29 bits per heavy atom. The number of rotatable bonds is 5. The van der Waals surface area contributed by atoms with Crippen LogP contribution in [0, 0.1) is 11.3 Å². The number of carbonyl (C=O) groups is 1. The highest BCUT2D eigenvalue weighted by Crippen LogP contribution is 2.36. The first-order valence-corrected chi connectivity index (χ1v) is 13.2. The molecule has 1 atom stereocenters. The fourth-order valence-corrected chi connectivity index (χ4v) is 5.77. The molecule has 1 unspecified atom stereocenters. The maximum Gasteiger partial charge on any atom is 0.274 e. The van der Waals surface area contributed by atoms with Crippen molar-refractivity contribution in [3.05, 3.63) is 131 Å². The first kappa shape index (κ1) is 25.6. The Hall–Kier alpha value is -4.09. The Balaban J connectivity index is 1.74. The molecule has 0 saturated heterocycles. The molecule has 188 valence electrons. The van der Waals surface area contributed by atoms with Gasteiger partial charge in [-0.25, -0.2) is 0 Å².